The zero-order valence-electron chi connectivity index (χ0n) is 25.1. The molecule has 1 aliphatic heterocycles. The van der Waals surface area contributed by atoms with Crippen molar-refractivity contribution in [3.8, 4) is 5.75 Å². The molecule has 0 radical (unpaired) electrons. The Bertz CT molecular complexity index is 1490. The van der Waals surface area contributed by atoms with E-state index in [0.29, 0.717) is 18.6 Å². The number of methoxy groups -OCH3 is 1. The number of aliphatic hydroxyl groups is 1. The number of aliphatic hydroxyl groups excluding tert-OH is 1. The van der Waals surface area contributed by atoms with Gasteiger partial charge in [-0.05, 0) is 54.4 Å². The molecule has 43 heavy (non-hydrogen) atoms. The van der Waals surface area contributed by atoms with Gasteiger partial charge < -0.3 is 23.7 Å². The van der Waals surface area contributed by atoms with E-state index in [2.05, 4.69) is 6.92 Å². The summed E-state index contributed by atoms with van der Waals surface area (Å²) in [4.78, 5) is 54.7. The van der Waals surface area contributed by atoms with Crippen LogP contribution in [-0.4, -0.2) is 42.0 Å². The molecule has 1 saturated heterocycles. The summed E-state index contributed by atoms with van der Waals surface area (Å²) < 4.78 is 22.1. The first-order valence-corrected chi connectivity index (χ1v) is 14.9. The highest BCUT2D eigenvalue weighted by molar-refractivity contribution is 5.96. The van der Waals surface area contributed by atoms with Crippen LogP contribution in [0.5, 0.6) is 5.75 Å². The number of ketones is 1. The van der Waals surface area contributed by atoms with E-state index in [1.165, 1.54) is 7.11 Å². The summed E-state index contributed by atoms with van der Waals surface area (Å²) in [5, 5.41) is 11.6. The molecule has 9 heteroatoms. The van der Waals surface area contributed by atoms with Gasteiger partial charge in [0.25, 0.3) is 0 Å². The summed E-state index contributed by atoms with van der Waals surface area (Å²) in [6.45, 7) is 7.56. The lowest BCUT2D eigenvalue weighted by atomic mass is 9.38. The molecule has 1 aromatic heterocycles. The first kappa shape index (κ1) is 29.4. The Balaban J connectivity index is 1.53. The van der Waals surface area contributed by atoms with Gasteiger partial charge in [0.2, 0.25) is 0 Å². The van der Waals surface area contributed by atoms with Crippen molar-refractivity contribution in [2.75, 3.05) is 7.11 Å². The number of rotatable bonds is 5. The summed E-state index contributed by atoms with van der Waals surface area (Å²) in [5.41, 5.74) is -0.179. The Labute approximate surface area is 250 Å². The molecule has 3 fully saturated rings. The van der Waals surface area contributed by atoms with E-state index in [-0.39, 0.29) is 30.5 Å². The van der Waals surface area contributed by atoms with Crippen molar-refractivity contribution in [3.63, 3.8) is 0 Å². The van der Waals surface area contributed by atoms with Gasteiger partial charge in [-0.15, -0.1) is 0 Å². The fraction of sp³-hybridized carbons (Fsp3) is 0.529. The van der Waals surface area contributed by atoms with Crippen LogP contribution in [0.3, 0.4) is 0 Å². The van der Waals surface area contributed by atoms with Crippen molar-refractivity contribution in [1.82, 2.24) is 0 Å². The van der Waals surface area contributed by atoms with Crippen LogP contribution in [0.1, 0.15) is 65.0 Å². The van der Waals surface area contributed by atoms with Crippen LogP contribution in [0.4, 0.5) is 0 Å². The number of cyclic esters (lactones) is 1. The van der Waals surface area contributed by atoms with E-state index < -0.39 is 58.1 Å². The van der Waals surface area contributed by atoms with Crippen molar-refractivity contribution in [2.24, 2.45) is 39.9 Å². The van der Waals surface area contributed by atoms with E-state index in [0.717, 1.165) is 16.7 Å². The lowest BCUT2D eigenvalue weighted by molar-refractivity contribution is -0.199. The second kappa shape index (κ2) is 10.2. The van der Waals surface area contributed by atoms with Gasteiger partial charge in [0.1, 0.15) is 17.6 Å². The molecule has 0 unspecified atom stereocenters. The van der Waals surface area contributed by atoms with E-state index >= 15 is 0 Å². The Hall–Kier alpha value is -3.72. The van der Waals surface area contributed by atoms with Gasteiger partial charge in [-0.25, -0.2) is 4.79 Å². The van der Waals surface area contributed by atoms with Gasteiger partial charge in [-0.1, -0.05) is 51.5 Å². The van der Waals surface area contributed by atoms with Gasteiger partial charge in [-0.2, -0.15) is 0 Å². The van der Waals surface area contributed by atoms with Gasteiger partial charge in [0.05, 0.1) is 32.0 Å². The number of Topliss-reactive ketones (excluding diaryl/α,β-unsaturated/α-hetero) is 1. The maximum Gasteiger partial charge on any atom is 0.335 e. The van der Waals surface area contributed by atoms with Crippen LogP contribution in [0.25, 0.3) is 0 Å². The number of furan rings is 1. The molecule has 6 rings (SSSR count). The van der Waals surface area contributed by atoms with Crippen LogP contribution in [0.15, 0.2) is 64.5 Å². The molecule has 0 spiro atoms. The van der Waals surface area contributed by atoms with Crippen molar-refractivity contribution >= 4 is 23.7 Å². The minimum Gasteiger partial charge on any atom is -0.472 e. The number of ether oxygens (including phenoxy) is 3. The third-order valence-corrected chi connectivity index (χ3v) is 11.1. The van der Waals surface area contributed by atoms with Crippen LogP contribution in [0, 0.1) is 39.9 Å². The van der Waals surface area contributed by atoms with Crippen molar-refractivity contribution in [3.05, 3.63) is 65.6 Å². The standard InChI is InChI=1S/C34H38O9/c1-32(2)25(30(38)42-19-9-7-6-8-10-19)21-15-20-22(34(4,28(21)37)27(32)26(36)31(39)40-5)11-13-33(3)23(20)16-24(35)43-29(33)18-12-14-41-17-18/h6-10,12,14,17,21-22,25-27,29,36H,11,13,15-16H2,1-5H3/t21-,22-,25-,26+,27-,29-,33+,34+/m0/s1. The average molecular weight is 591 g/mol. The fourth-order valence-corrected chi connectivity index (χ4v) is 9.34. The predicted octanol–water partition coefficient (Wildman–Crippen LogP) is 4.99. The first-order valence-electron chi connectivity index (χ1n) is 14.9. The number of fused-ring (bicyclic) bond motifs is 5. The molecule has 2 aromatic rings. The molecule has 2 heterocycles. The second-order valence-electron chi connectivity index (χ2n) is 13.6. The van der Waals surface area contributed by atoms with Crippen LogP contribution in [-0.2, 0) is 28.7 Å². The molecule has 228 valence electrons. The number of hydrogen-bond donors (Lipinski definition) is 1. The van der Waals surface area contributed by atoms with Gasteiger partial charge in [0, 0.05) is 28.2 Å². The topological polar surface area (TPSA) is 129 Å². The molecule has 2 bridgehead atoms. The molecule has 8 atom stereocenters. The van der Waals surface area contributed by atoms with Crippen LogP contribution < -0.4 is 4.74 Å². The lowest BCUT2D eigenvalue weighted by Gasteiger charge is -2.64. The van der Waals surface area contributed by atoms with Crippen molar-refractivity contribution < 1.29 is 42.9 Å². The molecule has 2 saturated carbocycles. The number of benzene rings is 1. The molecule has 4 aliphatic rings. The molecule has 1 aromatic carbocycles. The number of hydrogen-bond acceptors (Lipinski definition) is 9. The number of para-hydroxylation sites is 1. The molecule has 0 amide bonds. The monoisotopic (exact) mass is 590 g/mol. The minimum absolute atomic E-state index is 0.0699. The largest absolute Gasteiger partial charge is 0.472 e. The molecule has 9 nitrogen and oxygen atoms in total. The fourth-order valence-electron chi connectivity index (χ4n) is 9.34. The van der Waals surface area contributed by atoms with E-state index in [9.17, 15) is 24.3 Å². The third-order valence-electron chi connectivity index (χ3n) is 11.1. The highest BCUT2D eigenvalue weighted by Gasteiger charge is 2.71. The predicted molar refractivity (Wildman–Crippen MR) is 152 cm³/mol. The second-order valence-corrected chi connectivity index (χ2v) is 13.6. The Morgan fingerprint density at radius 3 is 2.44 bits per heavy atom. The minimum atomic E-state index is -1.66. The summed E-state index contributed by atoms with van der Waals surface area (Å²) in [6.07, 6.45) is 2.47. The SMILES string of the molecule is COC(=O)[C@H](O)[C@H]1C(C)(C)[C@H](C(=O)Oc2ccccc2)[C@@H]2CC3=C4CC(=O)O[C@@H](c5ccoc5)[C@]4(C)CC[C@@H]3[C@@]1(C)C2=O. The molecular formula is C34H38O9. The maximum atomic E-state index is 14.6. The van der Waals surface area contributed by atoms with Gasteiger partial charge in [-0.3, -0.25) is 14.4 Å². The normalized spacial score (nSPS) is 35.3. The number of carbonyl (C=O) groups is 4. The Morgan fingerprint density at radius 2 is 1.79 bits per heavy atom. The highest BCUT2D eigenvalue weighted by Crippen LogP contribution is 2.69. The van der Waals surface area contributed by atoms with Gasteiger partial charge in [0.15, 0.2) is 6.10 Å². The zero-order valence-corrected chi connectivity index (χ0v) is 25.1. The Morgan fingerprint density at radius 1 is 1.07 bits per heavy atom. The lowest BCUT2D eigenvalue weighted by Crippen LogP contribution is -2.68. The highest BCUT2D eigenvalue weighted by atomic mass is 16.6. The first-order chi connectivity index (χ1) is 20.4. The zero-order chi connectivity index (χ0) is 30.9. The quantitative estimate of drug-likeness (QED) is 0.291. The Kier molecular flexibility index (Phi) is 6.95. The van der Waals surface area contributed by atoms with E-state index in [4.69, 9.17) is 18.6 Å². The van der Waals surface area contributed by atoms with Crippen molar-refractivity contribution in [2.45, 2.75) is 65.6 Å². The number of esters is 3. The maximum absolute atomic E-state index is 14.6. The summed E-state index contributed by atoms with van der Waals surface area (Å²) in [6, 6.07) is 10.4. The summed E-state index contributed by atoms with van der Waals surface area (Å²) in [5.74, 6) is -4.71. The third kappa shape index (κ3) is 4.22. The molecule has 1 N–H and O–H groups in total. The molecular weight excluding hydrogens is 552 g/mol. The summed E-state index contributed by atoms with van der Waals surface area (Å²) >= 11 is 0. The molecule has 3 aliphatic carbocycles. The van der Waals surface area contributed by atoms with Crippen molar-refractivity contribution in [1.29, 1.82) is 0 Å². The average Bonchev–Trinajstić information content (AvgIpc) is 3.50. The van der Waals surface area contributed by atoms with E-state index in [1.54, 1.807) is 48.9 Å². The summed E-state index contributed by atoms with van der Waals surface area (Å²) in [7, 11) is 1.19. The number of carbonyl (C=O) groups excluding carboxylic acids is 4. The van der Waals surface area contributed by atoms with E-state index in [1.807, 2.05) is 20.8 Å². The van der Waals surface area contributed by atoms with Gasteiger partial charge >= 0.3 is 17.9 Å². The van der Waals surface area contributed by atoms with Crippen LogP contribution in [0.2, 0.25) is 0 Å². The van der Waals surface area contributed by atoms with Crippen LogP contribution >= 0.6 is 0 Å². The smallest absolute Gasteiger partial charge is 0.335 e. The number of allylic oxidation sites excluding steroid dienone is 1.